The minimum absolute atomic E-state index is 0.756. The first-order chi connectivity index (χ1) is 10.3. The molecule has 0 atom stereocenters. The maximum Gasteiger partial charge on any atom is 0.0673 e. The number of pyridine rings is 1. The Morgan fingerprint density at radius 2 is 2.29 bits per heavy atom. The normalized spacial score (nSPS) is 19.6. The number of hydrogen-bond donors (Lipinski definition) is 1. The van der Waals surface area contributed by atoms with Gasteiger partial charge in [-0.05, 0) is 36.5 Å². The number of nitrogens with zero attached hydrogens (tertiary/aromatic N) is 2. The second kappa shape index (κ2) is 7.16. The largest absolute Gasteiger partial charge is 0.380 e. The molecule has 0 bridgehead atoms. The van der Waals surface area contributed by atoms with Crippen LogP contribution in [0, 0.1) is 0 Å². The molecule has 114 valence electrons. The predicted octanol–water partition coefficient (Wildman–Crippen LogP) is 2.11. The summed E-state index contributed by atoms with van der Waals surface area (Å²) in [5.41, 5.74) is 3.86. The molecule has 1 aliphatic carbocycles. The molecule has 0 unspecified atom stereocenters. The van der Waals surface area contributed by atoms with Crippen LogP contribution in [0.1, 0.15) is 30.5 Å². The fraction of sp³-hybridized carbons (Fsp3) is 0.588. The highest BCUT2D eigenvalue weighted by Crippen LogP contribution is 2.19. The van der Waals surface area contributed by atoms with Crippen LogP contribution >= 0.6 is 0 Å². The van der Waals surface area contributed by atoms with Crippen molar-refractivity contribution >= 4 is 0 Å². The Morgan fingerprint density at radius 3 is 2.90 bits per heavy atom. The van der Waals surface area contributed by atoms with Gasteiger partial charge in [-0.15, -0.1) is 0 Å². The van der Waals surface area contributed by atoms with E-state index in [0.717, 1.165) is 50.9 Å². The average Bonchev–Trinajstić information content (AvgIpc) is 3.33. The molecule has 1 aromatic rings. The summed E-state index contributed by atoms with van der Waals surface area (Å²) in [6.45, 7) is 4.76. The third-order valence-electron chi connectivity index (χ3n) is 4.16. The maximum absolute atomic E-state index is 5.19. The number of methoxy groups -OCH3 is 1. The van der Waals surface area contributed by atoms with Crippen molar-refractivity contribution in [3.05, 3.63) is 41.2 Å². The lowest BCUT2D eigenvalue weighted by atomic mass is 10.1. The fourth-order valence-corrected chi connectivity index (χ4v) is 2.65. The van der Waals surface area contributed by atoms with E-state index in [0.29, 0.717) is 0 Å². The molecule has 2 aliphatic rings. The van der Waals surface area contributed by atoms with E-state index in [9.17, 15) is 0 Å². The molecular formula is C17H25N3O. The van der Waals surface area contributed by atoms with Crippen molar-refractivity contribution < 1.29 is 4.74 Å². The van der Waals surface area contributed by atoms with Crippen LogP contribution in [0.15, 0.2) is 30.0 Å². The standard InChI is InChI=1S/C17H25N3O/c1-21-13-14-6-8-20(9-7-14)12-17-3-2-15(11-19-17)10-18-16-4-5-16/h2-3,6,11,16,18H,4-5,7-10,12-13H2,1H3. The van der Waals surface area contributed by atoms with Crippen molar-refractivity contribution in [3.8, 4) is 0 Å². The van der Waals surface area contributed by atoms with Gasteiger partial charge in [0, 0.05) is 45.5 Å². The second-order valence-electron chi connectivity index (χ2n) is 6.09. The highest BCUT2D eigenvalue weighted by molar-refractivity contribution is 5.15. The summed E-state index contributed by atoms with van der Waals surface area (Å²) in [7, 11) is 1.76. The smallest absolute Gasteiger partial charge is 0.0673 e. The Morgan fingerprint density at radius 1 is 1.38 bits per heavy atom. The van der Waals surface area contributed by atoms with Gasteiger partial charge in [0.25, 0.3) is 0 Å². The van der Waals surface area contributed by atoms with Gasteiger partial charge in [-0.1, -0.05) is 12.1 Å². The minimum atomic E-state index is 0.756. The third kappa shape index (κ3) is 4.63. The molecule has 21 heavy (non-hydrogen) atoms. The van der Waals surface area contributed by atoms with Gasteiger partial charge in [0.2, 0.25) is 0 Å². The topological polar surface area (TPSA) is 37.4 Å². The van der Waals surface area contributed by atoms with Gasteiger partial charge in [-0.2, -0.15) is 0 Å². The first kappa shape index (κ1) is 14.7. The van der Waals surface area contributed by atoms with Crippen LogP contribution in [0.4, 0.5) is 0 Å². The Balaban J connectivity index is 1.46. The highest BCUT2D eigenvalue weighted by atomic mass is 16.5. The van der Waals surface area contributed by atoms with E-state index in [2.05, 4.69) is 33.4 Å². The van der Waals surface area contributed by atoms with Crippen molar-refractivity contribution in [3.63, 3.8) is 0 Å². The highest BCUT2D eigenvalue weighted by Gasteiger charge is 2.20. The van der Waals surface area contributed by atoms with Gasteiger partial charge in [0.05, 0.1) is 12.3 Å². The van der Waals surface area contributed by atoms with Gasteiger partial charge in [-0.3, -0.25) is 9.88 Å². The van der Waals surface area contributed by atoms with E-state index in [4.69, 9.17) is 4.74 Å². The molecule has 0 amide bonds. The van der Waals surface area contributed by atoms with Crippen LogP contribution in [-0.4, -0.2) is 42.7 Å². The zero-order chi connectivity index (χ0) is 14.5. The van der Waals surface area contributed by atoms with E-state index < -0.39 is 0 Å². The third-order valence-corrected chi connectivity index (χ3v) is 4.16. The van der Waals surface area contributed by atoms with E-state index in [1.807, 2.05) is 6.20 Å². The van der Waals surface area contributed by atoms with Gasteiger partial charge < -0.3 is 10.1 Å². The number of rotatable bonds is 7. The molecule has 0 aromatic carbocycles. The molecule has 2 heterocycles. The number of hydrogen-bond acceptors (Lipinski definition) is 4. The molecule has 1 aliphatic heterocycles. The van der Waals surface area contributed by atoms with Gasteiger partial charge in [-0.25, -0.2) is 0 Å². The van der Waals surface area contributed by atoms with E-state index >= 15 is 0 Å². The van der Waals surface area contributed by atoms with Gasteiger partial charge >= 0.3 is 0 Å². The number of nitrogens with one attached hydrogen (secondary N) is 1. The fourth-order valence-electron chi connectivity index (χ4n) is 2.65. The molecular weight excluding hydrogens is 262 g/mol. The van der Waals surface area contributed by atoms with Crippen molar-refractivity contribution in [2.75, 3.05) is 26.8 Å². The lowest BCUT2D eigenvalue weighted by Crippen LogP contribution is -2.29. The van der Waals surface area contributed by atoms with Crippen LogP contribution in [-0.2, 0) is 17.8 Å². The van der Waals surface area contributed by atoms with Crippen LogP contribution < -0.4 is 5.32 Å². The molecule has 0 spiro atoms. The molecule has 1 fully saturated rings. The van der Waals surface area contributed by atoms with Crippen LogP contribution in [0.2, 0.25) is 0 Å². The molecule has 4 heteroatoms. The summed E-state index contributed by atoms with van der Waals surface area (Å²) in [6, 6.07) is 5.12. The van der Waals surface area contributed by atoms with E-state index in [-0.39, 0.29) is 0 Å². The first-order valence-corrected chi connectivity index (χ1v) is 7.90. The molecule has 0 radical (unpaired) electrons. The summed E-state index contributed by atoms with van der Waals surface area (Å²) in [4.78, 5) is 7.03. The quantitative estimate of drug-likeness (QED) is 0.780. The molecule has 0 saturated heterocycles. The Labute approximate surface area is 127 Å². The van der Waals surface area contributed by atoms with Crippen LogP contribution in [0.3, 0.4) is 0 Å². The summed E-state index contributed by atoms with van der Waals surface area (Å²) >= 11 is 0. The number of aromatic nitrogens is 1. The van der Waals surface area contributed by atoms with E-state index in [1.165, 1.54) is 24.0 Å². The molecule has 1 saturated carbocycles. The van der Waals surface area contributed by atoms with Crippen molar-refractivity contribution in [1.82, 2.24) is 15.2 Å². The first-order valence-electron chi connectivity index (χ1n) is 7.90. The average molecular weight is 287 g/mol. The van der Waals surface area contributed by atoms with Crippen LogP contribution in [0.25, 0.3) is 0 Å². The number of ether oxygens (including phenoxy) is 1. The van der Waals surface area contributed by atoms with Crippen molar-refractivity contribution in [2.45, 2.75) is 38.4 Å². The maximum atomic E-state index is 5.19. The summed E-state index contributed by atoms with van der Waals surface area (Å²) in [6.07, 6.45) is 8.08. The lowest BCUT2D eigenvalue weighted by Gasteiger charge is -2.25. The van der Waals surface area contributed by atoms with Gasteiger partial charge in [0.15, 0.2) is 0 Å². The monoisotopic (exact) mass is 287 g/mol. The second-order valence-corrected chi connectivity index (χ2v) is 6.09. The van der Waals surface area contributed by atoms with Crippen molar-refractivity contribution in [1.29, 1.82) is 0 Å². The molecule has 1 N–H and O–H groups in total. The zero-order valence-corrected chi connectivity index (χ0v) is 12.8. The van der Waals surface area contributed by atoms with Crippen molar-refractivity contribution in [2.24, 2.45) is 0 Å². The lowest BCUT2D eigenvalue weighted by molar-refractivity contribution is 0.210. The Kier molecular flexibility index (Phi) is 5.01. The minimum Gasteiger partial charge on any atom is -0.380 e. The molecule has 1 aromatic heterocycles. The molecule has 3 rings (SSSR count). The van der Waals surface area contributed by atoms with Gasteiger partial charge in [0.1, 0.15) is 0 Å². The summed E-state index contributed by atoms with van der Waals surface area (Å²) < 4.78 is 5.19. The summed E-state index contributed by atoms with van der Waals surface area (Å²) in [5.74, 6) is 0. The Bertz CT molecular complexity index is 479. The zero-order valence-electron chi connectivity index (χ0n) is 12.8. The van der Waals surface area contributed by atoms with E-state index in [1.54, 1.807) is 7.11 Å². The Hall–Kier alpha value is -1.23. The van der Waals surface area contributed by atoms with Crippen LogP contribution in [0.5, 0.6) is 0 Å². The molecule has 4 nitrogen and oxygen atoms in total. The SMILES string of the molecule is COCC1=CCN(Cc2ccc(CNC3CC3)cn2)CC1. The predicted molar refractivity (Wildman–Crippen MR) is 84.0 cm³/mol. The summed E-state index contributed by atoms with van der Waals surface area (Å²) in [5, 5.41) is 3.52.